The number of halogens is 2. The van der Waals surface area contributed by atoms with E-state index in [4.69, 9.17) is 16.3 Å². The Hall–Kier alpha value is -0.740. The van der Waals surface area contributed by atoms with E-state index in [1.165, 1.54) is 7.11 Å². The minimum Gasteiger partial charge on any atom is -0.467 e. The Kier molecular flexibility index (Phi) is 4.97. The number of anilines is 1. The molecule has 1 aliphatic rings. The molecule has 1 aliphatic carbocycles. The molecular formula is C15H19BrClNO2. The van der Waals surface area contributed by atoms with Gasteiger partial charge < -0.3 is 10.1 Å². The molecule has 0 bridgehead atoms. The maximum absolute atomic E-state index is 12.2. The van der Waals surface area contributed by atoms with Crippen LogP contribution in [-0.4, -0.2) is 18.6 Å². The summed E-state index contributed by atoms with van der Waals surface area (Å²) in [5, 5.41) is 4.02. The van der Waals surface area contributed by atoms with Crippen LogP contribution in [0, 0.1) is 5.92 Å². The molecule has 0 aromatic heterocycles. The summed E-state index contributed by atoms with van der Waals surface area (Å²) in [5.41, 5.74) is 0.260. The third-order valence-electron chi connectivity index (χ3n) is 4.01. The Balaban J connectivity index is 2.23. The Morgan fingerprint density at radius 2 is 2.10 bits per heavy atom. The fourth-order valence-corrected chi connectivity index (χ4v) is 3.18. The predicted octanol–water partition coefficient (Wildman–Crippen LogP) is 4.64. The van der Waals surface area contributed by atoms with Crippen LogP contribution in [0.5, 0.6) is 0 Å². The van der Waals surface area contributed by atoms with Crippen LogP contribution in [0.1, 0.15) is 32.6 Å². The highest BCUT2D eigenvalue weighted by atomic mass is 79.9. The second kappa shape index (κ2) is 6.35. The van der Waals surface area contributed by atoms with Gasteiger partial charge in [0.2, 0.25) is 0 Å². The zero-order chi connectivity index (χ0) is 14.8. The molecular weight excluding hydrogens is 342 g/mol. The van der Waals surface area contributed by atoms with Gasteiger partial charge in [0, 0.05) is 10.2 Å². The van der Waals surface area contributed by atoms with Crippen molar-refractivity contribution < 1.29 is 9.53 Å². The molecule has 0 aliphatic heterocycles. The molecule has 1 aromatic carbocycles. The van der Waals surface area contributed by atoms with Crippen LogP contribution in [0.3, 0.4) is 0 Å². The lowest BCUT2D eigenvalue weighted by Gasteiger charge is -2.38. The first-order valence-corrected chi connectivity index (χ1v) is 7.95. The normalized spacial score (nSPS) is 26.1. The molecule has 5 heteroatoms. The smallest absolute Gasteiger partial charge is 0.331 e. The van der Waals surface area contributed by atoms with E-state index in [2.05, 4.69) is 28.2 Å². The van der Waals surface area contributed by atoms with Gasteiger partial charge in [-0.15, -0.1) is 0 Å². The maximum atomic E-state index is 12.2. The summed E-state index contributed by atoms with van der Waals surface area (Å²) in [4.78, 5) is 12.2. The fourth-order valence-electron chi connectivity index (χ4n) is 2.68. The van der Waals surface area contributed by atoms with Crippen LogP contribution >= 0.6 is 27.5 Å². The summed E-state index contributed by atoms with van der Waals surface area (Å²) in [6.45, 7) is 2.22. The highest BCUT2D eigenvalue weighted by Gasteiger charge is 2.42. The van der Waals surface area contributed by atoms with Crippen molar-refractivity contribution in [1.29, 1.82) is 0 Å². The van der Waals surface area contributed by atoms with Gasteiger partial charge in [-0.3, -0.25) is 0 Å². The third kappa shape index (κ3) is 3.29. The quantitative estimate of drug-likeness (QED) is 0.798. The van der Waals surface area contributed by atoms with Gasteiger partial charge in [-0.05, 0) is 65.7 Å². The van der Waals surface area contributed by atoms with Crippen LogP contribution in [0.25, 0.3) is 0 Å². The lowest BCUT2D eigenvalue weighted by molar-refractivity contribution is -0.147. The first-order valence-electron chi connectivity index (χ1n) is 6.78. The van der Waals surface area contributed by atoms with Crippen LogP contribution < -0.4 is 5.32 Å². The number of ether oxygens (including phenoxy) is 1. The fraction of sp³-hybridized carbons (Fsp3) is 0.533. The molecule has 0 heterocycles. The van der Waals surface area contributed by atoms with E-state index >= 15 is 0 Å². The topological polar surface area (TPSA) is 38.3 Å². The molecule has 0 spiro atoms. The minimum absolute atomic E-state index is 0.185. The van der Waals surface area contributed by atoms with E-state index in [0.717, 1.165) is 35.8 Å². The molecule has 0 amide bonds. The van der Waals surface area contributed by atoms with E-state index in [1.54, 1.807) is 0 Å². The Morgan fingerprint density at radius 1 is 1.45 bits per heavy atom. The summed E-state index contributed by atoms with van der Waals surface area (Å²) < 4.78 is 5.83. The molecule has 1 N–H and O–H groups in total. The SMILES string of the molecule is COC(=O)C1(Nc2ccc(Cl)c(Br)c2)CCC(C)CC1. The van der Waals surface area contributed by atoms with Gasteiger partial charge in [0.25, 0.3) is 0 Å². The molecule has 0 atom stereocenters. The largest absolute Gasteiger partial charge is 0.467 e. The van der Waals surface area contributed by atoms with Gasteiger partial charge >= 0.3 is 5.97 Å². The van der Waals surface area contributed by atoms with E-state index in [0.29, 0.717) is 10.9 Å². The van der Waals surface area contributed by atoms with Crippen LogP contribution in [0.2, 0.25) is 5.02 Å². The predicted molar refractivity (Wildman–Crippen MR) is 85.2 cm³/mol. The molecule has 0 unspecified atom stereocenters. The zero-order valence-corrected chi connectivity index (χ0v) is 14.1. The highest BCUT2D eigenvalue weighted by molar-refractivity contribution is 9.10. The molecule has 110 valence electrons. The number of esters is 1. The van der Waals surface area contributed by atoms with Gasteiger partial charge in [0.1, 0.15) is 5.54 Å². The van der Waals surface area contributed by atoms with Crippen LogP contribution in [0.4, 0.5) is 5.69 Å². The number of methoxy groups -OCH3 is 1. The first kappa shape index (κ1) is 15.6. The van der Waals surface area contributed by atoms with Crippen molar-refractivity contribution in [3.63, 3.8) is 0 Å². The van der Waals surface area contributed by atoms with Crippen molar-refractivity contribution in [2.45, 2.75) is 38.1 Å². The van der Waals surface area contributed by atoms with Crippen molar-refractivity contribution in [3.05, 3.63) is 27.7 Å². The van der Waals surface area contributed by atoms with Gasteiger partial charge in [0.15, 0.2) is 0 Å². The number of rotatable bonds is 3. The molecule has 3 nitrogen and oxygen atoms in total. The second-order valence-electron chi connectivity index (χ2n) is 5.51. The van der Waals surface area contributed by atoms with Crippen molar-refractivity contribution in [2.24, 2.45) is 5.92 Å². The Morgan fingerprint density at radius 3 is 2.65 bits per heavy atom. The highest BCUT2D eigenvalue weighted by Crippen LogP contribution is 2.36. The molecule has 1 saturated carbocycles. The Labute approximate surface area is 133 Å². The summed E-state index contributed by atoms with van der Waals surface area (Å²) >= 11 is 9.40. The summed E-state index contributed by atoms with van der Waals surface area (Å²) in [7, 11) is 1.45. The van der Waals surface area contributed by atoms with Gasteiger partial charge in [-0.25, -0.2) is 4.79 Å². The van der Waals surface area contributed by atoms with E-state index in [-0.39, 0.29) is 5.97 Å². The summed E-state index contributed by atoms with van der Waals surface area (Å²) in [6, 6.07) is 5.59. The lowest BCUT2D eigenvalue weighted by Crippen LogP contribution is -2.49. The monoisotopic (exact) mass is 359 g/mol. The van der Waals surface area contributed by atoms with Crippen molar-refractivity contribution in [1.82, 2.24) is 0 Å². The average molecular weight is 361 g/mol. The van der Waals surface area contributed by atoms with Crippen molar-refractivity contribution in [3.8, 4) is 0 Å². The minimum atomic E-state index is -0.617. The van der Waals surface area contributed by atoms with E-state index in [1.807, 2.05) is 18.2 Å². The molecule has 0 radical (unpaired) electrons. The number of carbonyl (C=O) groups excluding carboxylic acids is 1. The second-order valence-corrected chi connectivity index (χ2v) is 6.77. The summed E-state index contributed by atoms with van der Waals surface area (Å²) in [5.74, 6) is 0.474. The van der Waals surface area contributed by atoms with Crippen LogP contribution in [0.15, 0.2) is 22.7 Å². The number of hydrogen-bond donors (Lipinski definition) is 1. The number of hydrogen-bond acceptors (Lipinski definition) is 3. The average Bonchev–Trinajstić information content (AvgIpc) is 2.45. The van der Waals surface area contributed by atoms with Gasteiger partial charge in [0.05, 0.1) is 12.1 Å². The molecule has 0 saturated heterocycles. The molecule has 1 fully saturated rings. The van der Waals surface area contributed by atoms with Crippen molar-refractivity contribution in [2.75, 3.05) is 12.4 Å². The van der Waals surface area contributed by atoms with Crippen molar-refractivity contribution >= 4 is 39.2 Å². The summed E-state index contributed by atoms with van der Waals surface area (Å²) in [6.07, 6.45) is 3.63. The lowest BCUT2D eigenvalue weighted by atomic mass is 9.77. The number of carbonyl (C=O) groups is 1. The van der Waals surface area contributed by atoms with E-state index < -0.39 is 5.54 Å². The van der Waals surface area contributed by atoms with Gasteiger partial charge in [-0.1, -0.05) is 18.5 Å². The van der Waals surface area contributed by atoms with E-state index in [9.17, 15) is 4.79 Å². The maximum Gasteiger partial charge on any atom is 0.331 e. The number of nitrogens with one attached hydrogen (secondary N) is 1. The molecule has 1 aromatic rings. The zero-order valence-electron chi connectivity index (χ0n) is 11.7. The third-order valence-corrected chi connectivity index (χ3v) is 5.22. The molecule has 20 heavy (non-hydrogen) atoms. The van der Waals surface area contributed by atoms with Crippen LogP contribution in [-0.2, 0) is 9.53 Å². The standard InChI is InChI=1S/C15H19BrClNO2/c1-10-5-7-15(8-6-10,14(19)20-2)18-11-3-4-13(17)12(16)9-11/h3-4,9-10,18H,5-8H2,1-2H3. The Bertz CT molecular complexity index is 499. The van der Waals surface area contributed by atoms with Gasteiger partial charge in [-0.2, -0.15) is 0 Å². The first-order chi connectivity index (χ1) is 9.47. The number of benzene rings is 1. The molecule has 2 rings (SSSR count).